The lowest BCUT2D eigenvalue weighted by atomic mass is 10.2. The van der Waals surface area contributed by atoms with Crippen LogP contribution >= 0.6 is 0 Å². The monoisotopic (exact) mass is 419 g/mol. The van der Waals surface area contributed by atoms with Crippen LogP contribution in [0.5, 0.6) is 0 Å². The normalized spacial score (nSPS) is 18.5. The Morgan fingerprint density at radius 1 is 0.833 bits per heavy atom. The molecule has 8 heteroatoms. The topological polar surface area (TPSA) is 50.3 Å². The molecule has 0 aliphatic carbocycles. The van der Waals surface area contributed by atoms with Crippen molar-refractivity contribution in [2.24, 2.45) is 0 Å². The van der Waals surface area contributed by atoms with Crippen molar-refractivity contribution in [1.29, 1.82) is 0 Å². The van der Waals surface area contributed by atoms with Gasteiger partial charge in [0.15, 0.2) is 0 Å². The molecule has 0 unspecified atom stereocenters. The number of carbonyl (C=O) groups excluding carboxylic acids is 2. The van der Waals surface area contributed by atoms with E-state index >= 15 is 0 Å². The number of likely N-dealkylation sites (N-methyl/N-ethyl adjacent to an activating group) is 1. The molecule has 0 N–H and O–H groups in total. The van der Waals surface area contributed by atoms with Crippen molar-refractivity contribution in [3.8, 4) is 0 Å². The second-order valence-electron chi connectivity index (χ2n) is 7.96. The minimum atomic E-state index is -0.231. The summed E-state index contributed by atoms with van der Waals surface area (Å²) >= 11 is 0. The van der Waals surface area contributed by atoms with E-state index < -0.39 is 0 Å². The van der Waals surface area contributed by atoms with Crippen LogP contribution in [0.1, 0.15) is 13.8 Å². The van der Waals surface area contributed by atoms with E-state index in [1.807, 2.05) is 23.6 Å². The van der Waals surface area contributed by atoms with E-state index in [9.17, 15) is 14.0 Å². The molecule has 3 rings (SSSR count). The molecular formula is C22H34FN5O2. The highest BCUT2D eigenvalue weighted by Gasteiger charge is 2.26. The number of piperazine rings is 2. The largest absolute Gasteiger partial charge is 0.368 e. The molecule has 2 heterocycles. The van der Waals surface area contributed by atoms with Crippen LogP contribution in [0.25, 0.3) is 0 Å². The number of anilines is 1. The summed E-state index contributed by atoms with van der Waals surface area (Å²) < 4.78 is 13.1. The number of benzene rings is 1. The number of nitrogens with zero attached hydrogens (tertiary/aromatic N) is 5. The Hall–Kier alpha value is -2.19. The van der Waals surface area contributed by atoms with Crippen molar-refractivity contribution >= 4 is 17.5 Å². The van der Waals surface area contributed by atoms with E-state index in [0.29, 0.717) is 26.2 Å². The Morgan fingerprint density at radius 3 is 1.90 bits per heavy atom. The van der Waals surface area contributed by atoms with Gasteiger partial charge in [-0.3, -0.25) is 19.4 Å². The van der Waals surface area contributed by atoms with E-state index in [1.165, 1.54) is 12.1 Å². The first-order valence-electron chi connectivity index (χ1n) is 11.0. The number of rotatable bonds is 7. The maximum absolute atomic E-state index is 13.1. The summed E-state index contributed by atoms with van der Waals surface area (Å²) in [4.78, 5) is 35.3. The smallest absolute Gasteiger partial charge is 0.236 e. The van der Waals surface area contributed by atoms with Crippen molar-refractivity contribution in [1.82, 2.24) is 19.6 Å². The van der Waals surface area contributed by atoms with Gasteiger partial charge in [0.05, 0.1) is 13.1 Å². The van der Waals surface area contributed by atoms with Gasteiger partial charge in [-0.05, 0) is 38.1 Å². The third-order valence-corrected chi connectivity index (χ3v) is 6.12. The van der Waals surface area contributed by atoms with E-state index in [2.05, 4.69) is 14.7 Å². The number of hydrogen-bond acceptors (Lipinski definition) is 5. The number of halogens is 1. The molecule has 7 nitrogen and oxygen atoms in total. The first kappa shape index (κ1) is 22.5. The Balaban J connectivity index is 1.38. The predicted octanol–water partition coefficient (Wildman–Crippen LogP) is 0.960. The van der Waals surface area contributed by atoms with Crippen molar-refractivity contribution in [2.45, 2.75) is 13.8 Å². The third kappa shape index (κ3) is 5.92. The first-order chi connectivity index (χ1) is 14.5. The Labute approximate surface area is 179 Å². The predicted molar refractivity (Wildman–Crippen MR) is 116 cm³/mol. The molecule has 2 fully saturated rings. The number of amides is 2. The zero-order valence-electron chi connectivity index (χ0n) is 18.2. The average molecular weight is 420 g/mol. The second kappa shape index (κ2) is 10.7. The summed E-state index contributed by atoms with van der Waals surface area (Å²) in [5.74, 6) is 0.120. The minimum absolute atomic E-state index is 0.168. The highest BCUT2D eigenvalue weighted by atomic mass is 19.1. The summed E-state index contributed by atoms with van der Waals surface area (Å²) in [6.07, 6.45) is 0. The molecule has 0 spiro atoms. The molecule has 30 heavy (non-hydrogen) atoms. The fourth-order valence-corrected chi connectivity index (χ4v) is 4.13. The maximum atomic E-state index is 13.1. The molecule has 2 aliphatic rings. The van der Waals surface area contributed by atoms with Crippen LogP contribution in [0.4, 0.5) is 10.1 Å². The van der Waals surface area contributed by atoms with Gasteiger partial charge in [-0.15, -0.1) is 0 Å². The van der Waals surface area contributed by atoms with Gasteiger partial charge in [-0.25, -0.2) is 4.39 Å². The summed E-state index contributed by atoms with van der Waals surface area (Å²) in [7, 11) is 0. The minimum Gasteiger partial charge on any atom is -0.368 e. The maximum Gasteiger partial charge on any atom is 0.236 e. The van der Waals surface area contributed by atoms with Crippen molar-refractivity contribution < 1.29 is 14.0 Å². The molecular weight excluding hydrogens is 385 g/mol. The molecule has 2 saturated heterocycles. The lowest BCUT2D eigenvalue weighted by Gasteiger charge is -2.38. The van der Waals surface area contributed by atoms with Gasteiger partial charge in [0, 0.05) is 71.1 Å². The molecule has 0 atom stereocenters. The van der Waals surface area contributed by atoms with Crippen molar-refractivity contribution in [2.75, 3.05) is 83.4 Å². The SMILES string of the molecule is CCN(CC)C(=O)CN1CCN(CC(=O)N2CCN(c3ccc(F)cc3)CC2)CC1. The van der Waals surface area contributed by atoms with Crippen LogP contribution < -0.4 is 4.90 Å². The lowest BCUT2D eigenvalue weighted by Crippen LogP contribution is -2.54. The summed E-state index contributed by atoms with van der Waals surface area (Å²) in [5.41, 5.74) is 0.999. The molecule has 0 aromatic heterocycles. The Bertz CT molecular complexity index is 694. The highest BCUT2D eigenvalue weighted by Crippen LogP contribution is 2.17. The molecule has 0 bridgehead atoms. The van der Waals surface area contributed by atoms with Gasteiger partial charge >= 0.3 is 0 Å². The fraction of sp³-hybridized carbons (Fsp3) is 0.636. The molecule has 0 radical (unpaired) electrons. The average Bonchev–Trinajstić information content (AvgIpc) is 2.76. The van der Waals surface area contributed by atoms with Crippen LogP contribution in [-0.2, 0) is 9.59 Å². The quantitative estimate of drug-likeness (QED) is 0.659. The van der Waals surface area contributed by atoms with Crippen molar-refractivity contribution in [3.05, 3.63) is 30.1 Å². The van der Waals surface area contributed by atoms with Crippen LogP contribution in [-0.4, -0.2) is 110 Å². The number of hydrogen-bond donors (Lipinski definition) is 0. The molecule has 0 saturated carbocycles. The standard InChI is InChI=1S/C22H34FN5O2/c1-3-26(4-2)21(29)17-24-9-11-25(12-10-24)18-22(30)28-15-13-27(14-16-28)20-7-5-19(23)6-8-20/h5-8H,3-4,9-18H2,1-2H3. The van der Waals surface area contributed by atoms with Crippen LogP contribution in [0.15, 0.2) is 24.3 Å². The van der Waals surface area contributed by atoms with E-state index in [-0.39, 0.29) is 17.6 Å². The first-order valence-corrected chi connectivity index (χ1v) is 11.0. The van der Waals surface area contributed by atoms with E-state index in [0.717, 1.165) is 58.0 Å². The zero-order chi connectivity index (χ0) is 21.5. The van der Waals surface area contributed by atoms with E-state index in [1.54, 1.807) is 12.1 Å². The van der Waals surface area contributed by atoms with Gasteiger partial charge in [0.1, 0.15) is 5.82 Å². The Morgan fingerprint density at radius 2 is 1.37 bits per heavy atom. The second-order valence-corrected chi connectivity index (χ2v) is 7.96. The highest BCUT2D eigenvalue weighted by molar-refractivity contribution is 5.79. The van der Waals surface area contributed by atoms with Crippen LogP contribution in [0, 0.1) is 5.82 Å². The summed E-state index contributed by atoms with van der Waals surface area (Å²) in [6.45, 7) is 12.6. The van der Waals surface area contributed by atoms with Gasteiger partial charge < -0.3 is 14.7 Å². The van der Waals surface area contributed by atoms with Gasteiger partial charge in [-0.1, -0.05) is 0 Å². The number of carbonyl (C=O) groups is 2. The summed E-state index contributed by atoms with van der Waals surface area (Å²) in [6, 6.07) is 6.53. The fourth-order valence-electron chi connectivity index (χ4n) is 4.13. The lowest BCUT2D eigenvalue weighted by molar-refractivity contribution is -0.135. The van der Waals surface area contributed by atoms with Crippen molar-refractivity contribution in [3.63, 3.8) is 0 Å². The van der Waals surface area contributed by atoms with E-state index in [4.69, 9.17) is 0 Å². The van der Waals surface area contributed by atoms with Gasteiger partial charge in [-0.2, -0.15) is 0 Å². The van der Waals surface area contributed by atoms with Crippen LogP contribution in [0.3, 0.4) is 0 Å². The molecule has 166 valence electrons. The third-order valence-electron chi connectivity index (χ3n) is 6.12. The zero-order valence-corrected chi connectivity index (χ0v) is 18.2. The molecule has 1 aromatic rings. The van der Waals surface area contributed by atoms with Gasteiger partial charge in [0.2, 0.25) is 11.8 Å². The molecule has 2 amide bonds. The molecule has 1 aromatic carbocycles. The Kier molecular flexibility index (Phi) is 8.04. The summed E-state index contributed by atoms with van der Waals surface area (Å²) in [5, 5.41) is 0. The van der Waals surface area contributed by atoms with Crippen LogP contribution in [0.2, 0.25) is 0 Å². The van der Waals surface area contributed by atoms with Gasteiger partial charge in [0.25, 0.3) is 0 Å². The molecule has 2 aliphatic heterocycles.